The second-order valence-corrected chi connectivity index (χ2v) is 8.11. The number of rotatable bonds is 5. The summed E-state index contributed by atoms with van der Waals surface area (Å²) in [5.74, 6) is -1.14. The predicted octanol–water partition coefficient (Wildman–Crippen LogP) is 4.98. The van der Waals surface area contributed by atoms with Crippen molar-refractivity contribution < 1.29 is 14.7 Å². The number of carboxylic acids is 1. The second-order valence-electron chi connectivity index (χ2n) is 7.67. The maximum absolute atomic E-state index is 12.8. The van der Waals surface area contributed by atoms with Crippen molar-refractivity contribution >= 4 is 29.3 Å². The molecule has 1 aliphatic heterocycles. The molecular formula is C25H24ClN3O3. The Morgan fingerprint density at radius 2 is 1.41 bits per heavy atom. The van der Waals surface area contributed by atoms with Crippen LogP contribution in [0.5, 0.6) is 0 Å². The first-order valence-electron chi connectivity index (χ1n) is 10.5. The topological polar surface area (TPSA) is 72.9 Å². The molecule has 1 saturated heterocycles. The molecule has 2 amide bonds. The van der Waals surface area contributed by atoms with Gasteiger partial charge in [-0.1, -0.05) is 72.3 Å². The van der Waals surface area contributed by atoms with E-state index in [2.05, 4.69) is 34.5 Å². The average Bonchev–Trinajstić information content (AvgIpc) is 2.82. The van der Waals surface area contributed by atoms with Gasteiger partial charge in [-0.3, -0.25) is 4.90 Å². The molecule has 0 saturated carbocycles. The summed E-state index contributed by atoms with van der Waals surface area (Å²) in [4.78, 5) is 28.4. The standard InChI is InChI=1S/C25H24ClN3O3/c26-20-11-12-22(21(17-20)24(30)31)27-25(32)29-15-13-28(14-16-29)23(18-7-3-1-4-8-18)19-9-5-2-6-10-19/h1-12,17,23H,13-16H2,(H,27,32)(H,30,31). The van der Waals surface area contributed by atoms with Crippen LogP contribution in [0.15, 0.2) is 78.9 Å². The lowest BCUT2D eigenvalue weighted by Gasteiger charge is -2.39. The van der Waals surface area contributed by atoms with Gasteiger partial charge in [0, 0.05) is 31.2 Å². The Balaban J connectivity index is 1.46. The number of halogens is 1. The number of hydrogen-bond donors (Lipinski definition) is 2. The third-order valence-electron chi connectivity index (χ3n) is 5.65. The van der Waals surface area contributed by atoms with Crippen molar-refractivity contribution in [2.24, 2.45) is 0 Å². The number of carbonyl (C=O) groups excluding carboxylic acids is 1. The maximum atomic E-state index is 12.8. The van der Waals surface area contributed by atoms with Gasteiger partial charge >= 0.3 is 12.0 Å². The van der Waals surface area contributed by atoms with Crippen LogP contribution < -0.4 is 5.32 Å². The van der Waals surface area contributed by atoms with Gasteiger partial charge in [0.25, 0.3) is 0 Å². The Labute approximate surface area is 192 Å². The minimum Gasteiger partial charge on any atom is -0.478 e. The third-order valence-corrected chi connectivity index (χ3v) is 5.89. The van der Waals surface area contributed by atoms with E-state index in [1.807, 2.05) is 36.4 Å². The summed E-state index contributed by atoms with van der Waals surface area (Å²) < 4.78 is 0. The summed E-state index contributed by atoms with van der Waals surface area (Å²) in [5, 5.41) is 12.4. The number of carboxylic acid groups (broad SMARTS) is 1. The first-order valence-corrected chi connectivity index (χ1v) is 10.8. The van der Waals surface area contributed by atoms with Crippen LogP contribution in [-0.2, 0) is 0 Å². The number of nitrogens with zero attached hydrogens (tertiary/aromatic N) is 2. The van der Waals surface area contributed by atoms with Crippen LogP contribution in [0.3, 0.4) is 0 Å². The fraction of sp³-hybridized carbons (Fsp3) is 0.200. The zero-order valence-electron chi connectivity index (χ0n) is 17.4. The van der Waals surface area contributed by atoms with Crippen LogP contribution in [0.1, 0.15) is 27.5 Å². The van der Waals surface area contributed by atoms with Gasteiger partial charge in [-0.05, 0) is 29.3 Å². The van der Waals surface area contributed by atoms with E-state index in [4.69, 9.17) is 11.6 Å². The smallest absolute Gasteiger partial charge is 0.337 e. The van der Waals surface area contributed by atoms with E-state index in [1.165, 1.54) is 23.3 Å². The molecule has 3 aromatic rings. The van der Waals surface area contributed by atoms with Crippen LogP contribution in [-0.4, -0.2) is 53.1 Å². The van der Waals surface area contributed by atoms with Gasteiger partial charge in [-0.25, -0.2) is 9.59 Å². The maximum Gasteiger partial charge on any atom is 0.337 e. The lowest BCUT2D eigenvalue weighted by Crippen LogP contribution is -2.51. The first kappa shape index (κ1) is 21.9. The zero-order valence-corrected chi connectivity index (χ0v) is 18.2. The predicted molar refractivity (Wildman–Crippen MR) is 125 cm³/mol. The molecular weight excluding hydrogens is 426 g/mol. The van der Waals surface area contributed by atoms with Crippen LogP contribution in [0.25, 0.3) is 0 Å². The Morgan fingerprint density at radius 3 is 1.94 bits per heavy atom. The van der Waals surface area contributed by atoms with E-state index in [-0.39, 0.29) is 23.3 Å². The van der Waals surface area contributed by atoms with Crippen molar-refractivity contribution in [1.82, 2.24) is 9.80 Å². The summed E-state index contributed by atoms with van der Waals surface area (Å²) in [6.07, 6.45) is 0. The van der Waals surface area contributed by atoms with Crippen LogP contribution in [0.2, 0.25) is 5.02 Å². The van der Waals surface area contributed by atoms with Crippen LogP contribution >= 0.6 is 11.6 Å². The number of anilines is 1. The van der Waals surface area contributed by atoms with Crippen molar-refractivity contribution in [2.75, 3.05) is 31.5 Å². The van der Waals surface area contributed by atoms with Crippen molar-refractivity contribution in [1.29, 1.82) is 0 Å². The van der Waals surface area contributed by atoms with Gasteiger partial charge in [0.2, 0.25) is 0 Å². The Bertz CT molecular complexity index is 1040. The molecule has 0 bridgehead atoms. The first-order chi connectivity index (χ1) is 15.5. The monoisotopic (exact) mass is 449 g/mol. The van der Waals surface area contributed by atoms with E-state index in [1.54, 1.807) is 11.0 Å². The molecule has 0 atom stereocenters. The minimum atomic E-state index is -1.14. The average molecular weight is 450 g/mol. The number of hydrogen-bond acceptors (Lipinski definition) is 3. The van der Waals surface area contributed by atoms with Gasteiger partial charge in [0.15, 0.2) is 0 Å². The minimum absolute atomic E-state index is 0.0299. The molecule has 3 aromatic carbocycles. The van der Waals surface area contributed by atoms with Crippen molar-refractivity contribution in [3.05, 3.63) is 101 Å². The molecule has 0 spiro atoms. The van der Waals surface area contributed by atoms with E-state index in [9.17, 15) is 14.7 Å². The molecule has 0 aromatic heterocycles. The number of urea groups is 1. The van der Waals surface area contributed by atoms with Gasteiger partial charge in [-0.15, -0.1) is 0 Å². The highest BCUT2D eigenvalue weighted by molar-refractivity contribution is 6.31. The Morgan fingerprint density at radius 1 is 0.844 bits per heavy atom. The number of benzene rings is 3. The quantitative estimate of drug-likeness (QED) is 0.576. The zero-order chi connectivity index (χ0) is 22.5. The molecule has 1 heterocycles. The van der Waals surface area contributed by atoms with E-state index in [0.29, 0.717) is 31.2 Å². The van der Waals surface area contributed by atoms with E-state index in [0.717, 1.165) is 0 Å². The highest BCUT2D eigenvalue weighted by Crippen LogP contribution is 2.29. The van der Waals surface area contributed by atoms with Crippen molar-refractivity contribution in [3.63, 3.8) is 0 Å². The molecule has 32 heavy (non-hydrogen) atoms. The normalized spacial score (nSPS) is 14.4. The van der Waals surface area contributed by atoms with Crippen molar-refractivity contribution in [2.45, 2.75) is 6.04 Å². The molecule has 2 N–H and O–H groups in total. The summed E-state index contributed by atoms with van der Waals surface area (Å²) >= 11 is 5.90. The lowest BCUT2D eigenvalue weighted by atomic mass is 9.96. The van der Waals surface area contributed by atoms with Gasteiger partial charge in [0.05, 0.1) is 17.3 Å². The Kier molecular flexibility index (Phi) is 6.73. The molecule has 4 rings (SSSR count). The fourth-order valence-electron chi connectivity index (χ4n) is 4.06. The summed E-state index contributed by atoms with van der Waals surface area (Å²) in [6, 6.07) is 24.9. The van der Waals surface area contributed by atoms with Crippen molar-refractivity contribution in [3.8, 4) is 0 Å². The molecule has 6 nitrogen and oxygen atoms in total. The SMILES string of the molecule is O=C(O)c1cc(Cl)ccc1NC(=O)N1CCN(C(c2ccccc2)c2ccccc2)CC1. The van der Waals surface area contributed by atoms with E-state index >= 15 is 0 Å². The highest BCUT2D eigenvalue weighted by atomic mass is 35.5. The molecule has 7 heteroatoms. The summed E-state index contributed by atoms with van der Waals surface area (Å²) in [7, 11) is 0. The highest BCUT2D eigenvalue weighted by Gasteiger charge is 2.28. The lowest BCUT2D eigenvalue weighted by molar-refractivity contribution is 0.0698. The third kappa shape index (κ3) is 4.93. The molecule has 0 unspecified atom stereocenters. The fourth-order valence-corrected chi connectivity index (χ4v) is 4.24. The number of carbonyl (C=O) groups is 2. The number of piperazine rings is 1. The van der Waals surface area contributed by atoms with Gasteiger partial charge in [-0.2, -0.15) is 0 Å². The van der Waals surface area contributed by atoms with Crippen LogP contribution in [0.4, 0.5) is 10.5 Å². The van der Waals surface area contributed by atoms with Gasteiger partial charge < -0.3 is 15.3 Å². The number of aromatic carboxylic acids is 1. The number of nitrogens with one attached hydrogen (secondary N) is 1. The summed E-state index contributed by atoms with van der Waals surface area (Å²) in [6.45, 7) is 2.48. The second kappa shape index (κ2) is 9.85. The molecule has 164 valence electrons. The largest absolute Gasteiger partial charge is 0.478 e. The van der Waals surface area contributed by atoms with Gasteiger partial charge in [0.1, 0.15) is 0 Å². The molecule has 0 radical (unpaired) electrons. The number of amides is 2. The van der Waals surface area contributed by atoms with E-state index < -0.39 is 5.97 Å². The Hall–Kier alpha value is -3.35. The van der Waals surface area contributed by atoms with Crippen LogP contribution in [0, 0.1) is 0 Å². The summed E-state index contributed by atoms with van der Waals surface area (Å²) in [5.41, 5.74) is 2.63. The molecule has 0 aliphatic carbocycles. The molecule has 1 aliphatic rings. The molecule has 1 fully saturated rings.